The van der Waals surface area contributed by atoms with Crippen molar-refractivity contribution in [3.63, 3.8) is 0 Å². The summed E-state index contributed by atoms with van der Waals surface area (Å²) in [6, 6.07) is 8.67. The molecule has 0 aliphatic heterocycles. The molecule has 27 heavy (non-hydrogen) atoms. The third-order valence-electron chi connectivity index (χ3n) is 5.22. The molecule has 3 N–H and O–H groups in total. The number of aliphatic hydroxyl groups is 1. The minimum absolute atomic E-state index is 0. The molecule has 0 saturated heterocycles. The molecule has 0 heterocycles. The van der Waals surface area contributed by atoms with E-state index in [0.29, 0.717) is 0 Å². The van der Waals surface area contributed by atoms with Gasteiger partial charge in [-0.2, -0.15) is 0 Å². The van der Waals surface area contributed by atoms with E-state index in [9.17, 15) is 5.11 Å². The zero-order valence-corrected chi connectivity index (χ0v) is 20.0. The van der Waals surface area contributed by atoms with Gasteiger partial charge in [0.15, 0.2) is 5.96 Å². The highest BCUT2D eigenvalue weighted by molar-refractivity contribution is 14.0. The Kier molecular flexibility index (Phi) is 13.5. The minimum Gasteiger partial charge on any atom is -0.396 e. The first-order valence-corrected chi connectivity index (χ1v) is 9.89. The lowest BCUT2D eigenvalue weighted by molar-refractivity contribution is 0.175. The quantitative estimate of drug-likeness (QED) is 0.252. The van der Waals surface area contributed by atoms with Crippen molar-refractivity contribution in [1.82, 2.24) is 10.6 Å². The van der Waals surface area contributed by atoms with Crippen molar-refractivity contribution < 1.29 is 5.11 Å². The van der Waals surface area contributed by atoms with Gasteiger partial charge < -0.3 is 20.6 Å². The third kappa shape index (κ3) is 9.14. The van der Waals surface area contributed by atoms with Crippen molar-refractivity contribution in [2.24, 2.45) is 10.4 Å². The number of halogens is 1. The van der Waals surface area contributed by atoms with E-state index in [1.807, 2.05) is 0 Å². The van der Waals surface area contributed by atoms with Gasteiger partial charge in [-0.15, -0.1) is 24.0 Å². The fourth-order valence-corrected chi connectivity index (χ4v) is 3.02. The Morgan fingerprint density at radius 1 is 1.07 bits per heavy atom. The topological polar surface area (TPSA) is 59.9 Å². The van der Waals surface area contributed by atoms with Crippen LogP contribution in [0.15, 0.2) is 29.3 Å². The van der Waals surface area contributed by atoms with Crippen LogP contribution < -0.4 is 15.5 Å². The molecule has 0 spiro atoms. The number of rotatable bonds is 11. The molecule has 156 valence electrons. The molecular formula is C21H39IN4O. The van der Waals surface area contributed by atoms with Crippen molar-refractivity contribution in [1.29, 1.82) is 0 Å². The van der Waals surface area contributed by atoms with Crippen LogP contribution in [0.1, 0.15) is 45.6 Å². The van der Waals surface area contributed by atoms with E-state index in [-0.39, 0.29) is 36.0 Å². The first-order valence-electron chi connectivity index (χ1n) is 9.89. The van der Waals surface area contributed by atoms with E-state index < -0.39 is 0 Å². The number of aliphatic hydroxyl groups excluding tert-OH is 1. The Morgan fingerprint density at radius 2 is 1.70 bits per heavy atom. The predicted octanol–water partition coefficient (Wildman–Crippen LogP) is 3.66. The molecule has 5 nitrogen and oxygen atoms in total. The second-order valence-corrected chi connectivity index (χ2v) is 7.11. The van der Waals surface area contributed by atoms with Crippen LogP contribution in [0.2, 0.25) is 0 Å². The van der Waals surface area contributed by atoms with E-state index >= 15 is 0 Å². The van der Waals surface area contributed by atoms with Gasteiger partial charge in [0.05, 0.1) is 0 Å². The van der Waals surface area contributed by atoms with Gasteiger partial charge in [-0.3, -0.25) is 4.99 Å². The van der Waals surface area contributed by atoms with Crippen molar-refractivity contribution in [3.05, 3.63) is 29.8 Å². The first-order chi connectivity index (χ1) is 12.5. The van der Waals surface area contributed by atoms with Gasteiger partial charge in [0.2, 0.25) is 0 Å². The van der Waals surface area contributed by atoms with Crippen LogP contribution in [0.25, 0.3) is 0 Å². The summed E-state index contributed by atoms with van der Waals surface area (Å²) in [5.41, 5.74) is 2.63. The fourth-order valence-electron chi connectivity index (χ4n) is 3.02. The highest BCUT2D eigenvalue weighted by atomic mass is 127. The Morgan fingerprint density at radius 3 is 2.19 bits per heavy atom. The fraction of sp³-hybridized carbons (Fsp3) is 0.667. The van der Waals surface area contributed by atoms with Gasteiger partial charge in [0, 0.05) is 46.0 Å². The van der Waals surface area contributed by atoms with Gasteiger partial charge in [-0.05, 0) is 55.7 Å². The lowest BCUT2D eigenvalue weighted by Gasteiger charge is -2.29. The van der Waals surface area contributed by atoms with Crippen LogP contribution in [0, 0.1) is 5.41 Å². The van der Waals surface area contributed by atoms with Crippen LogP contribution >= 0.6 is 24.0 Å². The van der Waals surface area contributed by atoms with E-state index in [2.05, 4.69) is 74.7 Å². The van der Waals surface area contributed by atoms with Crippen LogP contribution in [0.3, 0.4) is 0 Å². The summed E-state index contributed by atoms with van der Waals surface area (Å²) in [5, 5.41) is 16.1. The molecule has 0 saturated carbocycles. The SMILES string of the molecule is CCNC(=NCC(CC)(CC)CCO)NCCc1ccc(N(C)C)cc1.I. The molecular weight excluding hydrogens is 451 g/mol. The van der Waals surface area contributed by atoms with Crippen LogP contribution in [0.4, 0.5) is 5.69 Å². The first kappa shape index (κ1) is 26.0. The summed E-state index contributed by atoms with van der Waals surface area (Å²) in [6.07, 6.45) is 3.83. The highest BCUT2D eigenvalue weighted by Gasteiger charge is 2.25. The van der Waals surface area contributed by atoms with Gasteiger partial charge in [0.25, 0.3) is 0 Å². The maximum atomic E-state index is 9.37. The summed E-state index contributed by atoms with van der Waals surface area (Å²) >= 11 is 0. The van der Waals surface area contributed by atoms with Crippen LogP contribution in [-0.2, 0) is 6.42 Å². The number of hydrogen-bond donors (Lipinski definition) is 3. The summed E-state index contributed by atoms with van der Waals surface area (Å²) in [4.78, 5) is 6.90. The molecule has 0 aliphatic carbocycles. The number of guanidine groups is 1. The van der Waals surface area contributed by atoms with Crippen LogP contribution in [0.5, 0.6) is 0 Å². The number of nitrogens with one attached hydrogen (secondary N) is 2. The van der Waals surface area contributed by atoms with Crippen molar-refractivity contribution >= 4 is 35.6 Å². The van der Waals surface area contributed by atoms with E-state index in [1.165, 1.54) is 11.3 Å². The Hall–Kier alpha value is -1.02. The van der Waals surface area contributed by atoms with Crippen molar-refractivity contribution in [2.75, 3.05) is 45.2 Å². The molecule has 0 fully saturated rings. The van der Waals surface area contributed by atoms with Crippen molar-refractivity contribution in [3.8, 4) is 0 Å². The smallest absolute Gasteiger partial charge is 0.191 e. The molecule has 0 unspecified atom stereocenters. The average molecular weight is 490 g/mol. The minimum atomic E-state index is 0. The Bertz CT molecular complexity index is 527. The molecule has 0 aliphatic rings. The molecule has 1 aromatic rings. The van der Waals surface area contributed by atoms with Gasteiger partial charge in [-0.1, -0.05) is 26.0 Å². The number of aliphatic imine (C=N–C) groups is 1. The Labute approximate surface area is 183 Å². The summed E-state index contributed by atoms with van der Waals surface area (Å²) in [6.45, 7) is 9.11. The number of nitrogens with zero attached hydrogens (tertiary/aromatic N) is 2. The predicted molar refractivity (Wildman–Crippen MR) is 129 cm³/mol. The summed E-state index contributed by atoms with van der Waals surface area (Å²) < 4.78 is 0. The molecule has 0 radical (unpaired) electrons. The molecule has 1 aromatic carbocycles. The van der Waals surface area contributed by atoms with Gasteiger partial charge in [0.1, 0.15) is 0 Å². The van der Waals surface area contributed by atoms with Crippen LogP contribution in [-0.4, -0.2) is 51.4 Å². The molecule has 0 aromatic heterocycles. The maximum Gasteiger partial charge on any atom is 0.191 e. The molecule has 6 heteroatoms. The lowest BCUT2D eigenvalue weighted by Crippen LogP contribution is -2.39. The zero-order valence-electron chi connectivity index (χ0n) is 17.7. The number of benzene rings is 1. The Balaban J connectivity index is 0.00000676. The third-order valence-corrected chi connectivity index (χ3v) is 5.22. The second kappa shape index (κ2) is 14.0. The van der Waals surface area contributed by atoms with E-state index in [1.54, 1.807) is 0 Å². The zero-order chi connectivity index (χ0) is 19.4. The monoisotopic (exact) mass is 490 g/mol. The standard InChI is InChI=1S/C21H38N4O.HI/c1-6-21(7-2,14-16-26)17-24-20(22-8-3)23-15-13-18-9-11-19(12-10-18)25(4)5;/h9-12,26H,6-8,13-17H2,1-5H3,(H2,22,23,24);1H. The number of anilines is 1. The average Bonchev–Trinajstić information content (AvgIpc) is 2.65. The molecule has 0 amide bonds. The van der Waals surface area contributed by atoms with Gasteiger partial charge in [-0.25, -0.2) is 0 Å². The highest BCUT2D eigenvalue weighted by Crippen LogP contribution is 2.30. The maximum absolute atomic E-state index is 9.37. The van der Waals surface area contributed by atoms with E-state index in [4.69, 9.17) is 4.99 Å². The second-order valence-electron chi connectivity index (χ2n) is 7.11. The normalized spacial score (nSPS) is 11.7. The van der Waals surface area contributed by atoms with Crippen molar-refractivity contribution in [2.45, 2.75) is 46.5 Å². The lowest BCUT2D eigenvalue weighted by atomic mass is 9.79. The largest absolute Gasteiger partial charge is 0.396 e. The molecule has 1 rings (SSSR count). The molecule has 0 atom stereocenters. The van der Waals surface area contributed by atoms with E-state index in [0.717, 1.165) is 51.3 Å². The summed E-state index contributed by atoms with van der Waals surface area (Å²) in [5.74, 6) is 0.863. The summed E-state index contributed by atoms with van der Waals surface area (Å²) in [7, 11) is 4.11. The molecule has 0 bridgehead atoms. The van der Waals surface area contributed by atoms with Gasteiger partial charge >= 0.3 is 0 Å². The number of hydrogen-bond acceptors (Lipinski definition) is 3.